The Morgan fingerprint density at radius 3 is 1.98 bits per heavy atom. The van der Waals surface area contributed by atoms with Crippen LogP contribution < -0.4 is 0 Å². The average molecular weight is 591 g/mol. The summed E-state index contributed by atoms with van der Waals surface area (Å²) in [6.45, 7) is 0. The van der Waals surface area contributed by atoms with Crippen molar-refractivity contribution in [1.29, 1.82) is 0 Å². The molecule has 2 heterocycles. The predicted octanol–water partition coefficient (Wildman–Crippen LogP) is 9.69. The number of ketones is 1. The molecule has 4 nitrogen and oxygen atoms in total. The van der Waals surface area contributed by atoms with Crippen molar-refractivity contribution in [3.63, 3.8) is 0 Å². The highest BCUT2D eigenvalue weighted by molar-refractivity contribution is 6.35. The Labute approximate surface area is 260 Å². The summed E-state index contributed by atoms with van der Waals surface area (Å²) in [5, 5.41) is 1.18. The fourth-order valence-corrected chi connectivity index (χ4v) is 6.27. The molecular formula is C39H27ClN2O2. The van der Waals surface area contributed by atoms with Crippen LogP contribution in [0.1, 0.15) is 32.6 Å². The Morgan fingerprint density at radius 2 is 1.34 bits per heavy atom. The maximum Gasteiger partial charge on any atom is 0.187 e. The van der Waals surface area contributed by atoms with E-state index in [1.54, 1.807) is 24.5 Å². The van der Waals surface area contributed by atoms with Gasteiger partial charge in [-0.1, -0.05) is 133 Å². The van der Waals surface area contributed by atoms with Crippen molar-refractivity contribution < 1.29 is 9.21 Å². The number of nitrogens with zero attached hydrogens (tertiary/aromatic N) is 2. The quantitative estimate of drug-likeness (QED) is 0.101. The van der Waals surface area contributed by atoms with Gasteiger partial charge >= 0.3 is 0 Å². The Morgan fingerprint density at radius 1 is 0.750 bits per heavy atom. The van der Waals surface area contributed by atoms with Gasteiger partial charge < -0.3 is 8.98 Å². The van der Waals surface area contributed by atoms with Crippen LogP contribution >= 0.6 is 11.6 Å². The molecule has 0 aliphatic rings. The second-order valence-corrected chi connectivity index (χ2v) is 10.9. The van der Waals surface area contributed by atoms with Crippen LogP contribution in [0, 0.1) is 0 Å². The van der Waals surface area contributed by atoms with E-state index in [1.807, 2.05) is 61.1 Å². The van der Waals surface area contributed by atoms with Gasteiger partial charge in [-0.25, -0.2) is 4.98 Å². The third-order valence-corrected chi connectivity index (χ3v) is 8.35. The van der Waals surface area contributed by atoms with Crippen molar-refractivity contribution >= 4 is 34.4 Å². The first-order valence-electron chi connectivity index (χ1n) is 14.3. The molecule has 5 heteroatoms. The number of benzene rings is 5. The first-order chi connectivity index (χ1) is 21.7. The van der Waals surface area contributed by atoms with Crippen LogP contribution in [0.5, 0.6) is 0 Å². The van der Waals surface area contributed by atoms with Crippen molar-refractivity contribution in [2.75, 3.05) is 0 Å². The van der Waals surface area contributed by atoms with Gasteiger partial charge in [0, 0.05) is 22.6 Å². The first kappa shape index (κ1) is 27.4. The third kappa shape index (κ3) is 4.76. The molecule has 5 aromatic carbocycles. The lowest BCUT2D eigenvalue weighted by atomic mass is 9.76. The molecule has 0 amide bonds. The normalized spacial score (nSPS) is 11.8. The van der Waals surface area contributed by atoms with E-state index in [4.69, 9.17) is 21.0 Å². The number of aromatic nitrogens is 2. The van der Waals surface area contributed by atoms with Gasteiger partial charge in [-0.15, -0.1) is 0 Å². The van der Waals surface area contributed by atoms with Gasteiger partial charge in [-0.3, -0.25) is 4.79 Å². The Kier molecular flexibility index (Phi) is 7.27. The molecule has 0 saturated carbocycles. The predicted molar refractivity (Wildman–Crippen MR) is 177 cm³/mol. The Bertz CT molecular complexity index is 2000. The third-order valence-electron chi connectivity index (χ3n) is 8.03. The average Bonchev–Trinajstić information content (AvgIpc) is 3.75. The Hall–Kier alpha value is -5.45. The van der Waals surface area contributed by atoms with Gasteiger partial charge in [0.2, 0.25) is 0 Å². The zero-order valence-electron chi connectivity index (χ0n) is 23.7. The van der Waals surface area contributed by atoms with E-state index >= 15 is 0 Å². The van der Waals surface area contributed by atoms with E-state index in [2.05, 4.69) is 83.4 Å². The summed E-state index contributed by atoms with van der Waals surface area (Å²) in [5.74, 6) is -0.186. The van der Waals surface area contributed by atoms with Gasteiger partial charge in [0.25, 0.3) is 0 Å². The standard InChI is InChI=1S/C39H27ClN2O2/c40-35-25-38-29(22-23-44-38)24-34(35)37(43)21-20-28-12-10-11-19-33(28)36-26-41-27-42(36)39(30-13-4-1-5-14-30,31-15-6-2-7-16-31)32-17-8-3-9-18-32/h1-27H. The summed E-state index contributed by atoms with van der Waals surface area (Å²) in [6.07, 6.45) is 8.80. The van der Waals surface area contributed by atoms with E-state index in [0.29, 0.717) is 16.2 Å². The molecular weight excluding hydrogens is 564 g/mol. The topological polar surface area (TPSA) is 48.0 Å². The molecule has 0 spiro atoms. The molecule has 0 unspecified atom stereocenters. The highest BCUT2D eigenvalue weighted by atomic mass is 35.5. The minimum Gasteiger partial charge on any atom is -0.464 e. The number of carbonyl (C=O) groups is 1. The second-order valence-electron chi connectivity index (χ2n) is 10.5. The summed E-state index contributed by atoms with van der Waals surface area (Å²) in [7, 11) is 0. The molecule has 0 N–H and O–H groups in total. The van der Waals surface area contributed by atoms with Crippen LogP contribution in [0.25, 0.3) is 28.3 Å². The maximum absolute atomic E-state index is 13.4. The molecule has 0 aliphatic carbocycles. The largest absolute Gasteiger partial charge is 0.464 e. The molecule has 0 fully saturated rings. The van der Waals surface area contributed by atoms with Crippen LogP contribution in [0.3, 0.4) is 0 Å². The van der Waals surface area contributed by atoms with Crippen LogP contribution in [0.15, 0.2) is 163 Å². The molecule has 44 heavy (non-hydrogen) atoms. The molecule has 0 saturated heterocycles. The van der Waals surface area contributed by atoms with Crippen LogP contribution in [0.2, 0.25) is 5.02 Å². The minimum absolute atomic E-state index is 0.186. The lowest BCUT2D eigenvalue weighted by Gasteiger charge is -2.38. The van der Waals surface area contributed by atoms with Crippen molar-refractivity contribution in [3.8, 4) is 11.3 Å². The van der Waals surface area contributed by atoms with Gasteiger partial charge in [-0.05, 0) is 40.5 Å². The molecule has 7 aromatic rings. The van der Waals surface area contributed by atoms with Crippen molar-refractivity contribution in [2.45, 2.75) is 5.54 Å². The Balaban J connectivity index is 1.39. The molecule has 0 radical (unpaired) electrons. The van der Waals surface area contributed by atoms with Crippen LogP contribution in [-0.4, -0.2) is 15.3 Å². The van der Waals surface area contributed by atoms with Gasteiger partial charge in [0.1, 0.15) is 11.1 Å². The summed E-state index contributed by atoms with van der Waals surface area (Å²) < 4.78 is 7.67. The summed E-state index contributed by atoms with van der Waals surface area (Å²) in [6, 6.07) is 44.8. The number of carbonyl (C=O) groups excluding carboxylic acids is 1. The molecule has 0 bridgehead atoms. The van der Waals surface area contributed by atoms with Crippen molar-refractivity contribution in [1.82, 2.24) is 9.55 Å². The monoisotopic (exact) mass is 590 g/mol. The summed E-state index contributed by atoms with van der Waals surface area (Å²) in [5.41, 5.74) is 6.38. The van der Waals surface area contributed by atoms with E-state index < -0.39 is 5.54 Å². The summed E-state index contributed by atoms with van der Waals surface area (Å²) >= 11 is 6.47. The zero-order chi connectivity index (χ0) is 29.9. The lowest BCUT2D eigenvalue weighted by molar-refractivity contribution is 0.104. The van der Waals surface area contributed by atoms with Crippen molar-refractivity contribution in [2.24, 2.45) is 0 Å². The fraction of sp³-hybridized carbons (Fsp3) is 0.0256. The highest BCUT2D eigenvalue weighted by Gasteiger charge is 2.39. The SMILES string of the molecule is O=C(C=Cc1ccccc1-c1cncn1C(c1ccccc1)(c1ccccc1)c1ccccc1)c1cc2ccoc2cc1Cl. The zero-order valence-corrected chi connectivity index (χ0v) is 24.4. The minimum atomic E-state index is -0.726. The number of allylic oxidation sites excluding steroid dienone is 1. The second kappa shape index (κ2) is 11.7. The number of hydrogen-bond donors (Lipinski definition) is 0. The number of fused-ring (bicyclic) bond motifs is 1. The fourth-order valence-electron chi connectivity index (χ4n) is 6.02. The number of halogens is 1. The van der Waals surface area contributed by atoms with E-state index in [9.17, 15) is 4.79 Å². The van der Waals surface area contributed by atoms with E-state index in [1.165, 1.54) is 0 Å². The number of imidazole rings is 1. The van der Waals surface area contributed by atoms with Gasteiger partial charge in [-0.2, -0.15) is 0 Å². The van der Waals surface area contributed by atoms with Gasteiger partial charge in [0.05, 0.1) is 29.5 Å². The number of hydrogen-bond acceptors (Lipinski definition) is 3. The molecule has 0 aliphatic heterocycles. The molecule has 2 aromatic heterocycles. The lowest BCUT2D eigenvalue weighted by Crippen LogP contribution is -2.37. The van der Waals surface area contributed by atoms with E-state index in [0.717, 1.165) is 38.9 Å². The first-order valence-corrected chi connectivity index (χ1v) is 14.7. The summed E-state index contributed by atoms with van der Waals surface area (Å²) in [4.78, 5) is 18.1. The highest BCUT2D eigenvalue weighted by Crippen LogP contribution is 2.43. The van der Waals surface area contributed by atoms with E-state index in [-0.39, 0.29) is 5.78 Å². The van der Waals surface area contributed by atoms with Crippen molar-refractivity contribution in [3.05, 3.63) is 191 Å². The van der Waals surface area contributed by atoms with Crippen LogP contribution in [-0.2, 0) is 5.54 Å². The number of rotatable bonds is 8. The molecule has 0 atom stereocenters. The molecule has 212 valence electrons. The smallest absolute Gasteiger partial charge is 0.187 e. The number of furan rings is 1. The maximum atomic E-state index is 13.4. The van der Waals surface area contributed by atoms with Crippen LogP contribution in [0.4, 0.5) is 0 Å². The molecule has 7 rings (SSSR count). The van der Waals surface area contributed by atoms with Gasteiger partial charge in [0.15, 0.2) is 5.78 Å².